The van der Waals surface area contributed by atoms with Gasteiger partial charge in [-0.3, -0.25) is 0 Å². The molecule has 0 spiro atoms. The fourth-order valence-corrected chi connectivity index (χ4v) is 2.14. The van der Waals surface area contributed by atoms with Gasteiger partial charge in [0.05, 0.1) is 38.2 Å². The number of hydrogen-bond donors (Lipinski definition) is 3. The summed E-state index contributed by atoms with van der Waals surface area (Å²) in [5.41, 5.74) is 2.82. The van der Waals surface area contributed by atoms with Crippen LogP contribution in [0.5, 0.6) is 0 Å². The molecule has 0 saturated carbocycles. The van der Waals surface area contributed by atoms with Crippen LogP contribution in [0.15, 0.2) is 18.2 Å². The van der Waals surface area contributed by atoms with Crippen LogP contribution in [0.2, 0.25) is 0 Å². The van der Waals surface area contributed by atoms with Gasteiger partial charge >= 0.3 is 18.0 Å². The van der Waals surface area contributed by atoms with Crippen LogP contribution in [-0.4, -0.2) is 72.5 Å². The molecular weight excluding hydrogens is 384 g/mol. The number of benzene rings is 1. The topological polar surface area (TPSA) is 167 Å². The van der Waals surface area contributed by atoms with Crippen LogP contribution in [0.25, 0.3) is 0 Å². The Kier molecular flexibility index (Phi) is 10.7. The molecule has 1 atom stereocenters. The highest BCUT2D eigenvalue weighted by atomic mass is 35.5. The van der Waals surface area contributed by atoms with E-state index in [9.17, 15) is 24.3 Å². The number of carbonyl (C=O) groups excluding carboxylic acids is 2. The second-order valence-electron chi connectivity index (χ2n) is 6.35. The number of likely N-dealkylation sites (N-methyl/N-ethyl adjacent to an activating group) is 1. The van der Waals surface area contributed by atoms with Crippen LogP contribution >= 0.6 is 12.4 Å². The van der Waals surface area contributed by atoms with Crippen molar-refractivity contribution in [2.75, 3.05) is 27.7 Å². The summed E-state index contributed by atoms with van der Waals surface area (Å²) in [7, 11) is 6.09. The van der Waals surface area contributed by atoms with E-state index in [1.165, 1.54) is 0 Å². The first-order valence-electron chi connectivity index (χ1n) is 7.33. The average Bonchev–Trinajstić information content (AvgIpc) is 2.43. The third-order valence-electron chi connectivity index (χ3n) is 2.85. The second-order valence-corrected chi connectivity index (χ2v) is 6.35. The Labute approximate surface area is 162 Å². The van der Waals surface area contributed by atoms with Gasteiger partial charge in [0.2, 0.25) is 0 Å². The summed E-state index contributed by atoms with van der Waals surface area (Å²) in [4.78, 5) is 42.1. The molecule has 0 aliphatic carbocycles. The van der Waals surface area contributed by atoms with Crippen molar-refractivity contribution < 1.29 is 43.7 Å². The summed E-state index contributed by atoms with van der Waals surface area (Å²) in [6.45, 7) is 2.59. The predicted molar refractivity (Wildman–Crippen MR) is 95.0 cm³/mol. The number of hydrogen-bond acceptors (Lipinski definition) is 6. The van der Waals surface area contributed by atoms with Gasteiger partial charge in [-0.2, -0.15) is 0 Å². The van der Waals surface area contributed by atoms with E-state index < -0.39 is 40.7 Å². The first-order chi connectivity index (χ1) is 11.8. The number of ether oxygens (including phenoxy) is 1. The maximum Gasteiger partial charge on any atom is 0.404 e. The average molecular weight is 407 g/mol. The van der Waals surface area contributed by atoms with Gasteiger partial charge in [0.1, 0.15) is 12.6 Å². The van der Waals surface area contributed by atoms with E-state index in [2.05, 4.69) is 0 Å². The maximum atomic E-state index is 10.6. The molecule has 0 saturated heterocycles. The number of primary amides is 1. The molecule has 1 aromatic rings. The van der Waals surface area contributed by atoms with Crippen molar-refractivity contribution in [3.8, 4) is 0 Å². The number of halogens is 1. The second kappa shape index (κ2) is 11.0. The first kappa shape index (κ1) is 26.4. The molecule has 1 rings (SSSR count). The van der Waals surface area contributed by atoms with Crippen molar-refractivity contribution in [1.82, 2.24) is 0 Å². The van der Waals surface area contributed by atoms with Gasteiger partial charge in [0.15, 0.2) is 0 Å². The number of rotatable bonds is 6. The monoisotopic (exact) mass is 406 g/mol. The van der Waals surface area contributed by atoms with E-state index in [0.717, 1.165) is 29.2 Å². The molecule has 0 aliphatic rings. The molecule has 27 heavy (non-hydrogen) atoms. The Morgan fingerprint density at radius 1 is 1.11 bits per heavy atom. The zero-order valence-corrected chi connectivity index (χ0v) is 16.1. The van der Waals surface area contributed by atoms with Gasteiger partial charge in [0, 0.05) is 5.56 Å². The third-order valence-corrected chi connectivity index (χ3v) is 2.85. The van der Waals surface area contributed by atoms with Gasteiger partial charge in [-0.1, -0.05) is 6.07 Å². The molecule has 10 nitrogen and oxygen atoms in total. The lowest BCUT2D eigenvalue weighted by Gasteiger charge is -2.26. The summed E-state index contributed by atoms with van der Waals surface area (Å²) in [6.07, 6.45) is -0.821. The Morgan fingerprint density at radius 3 is 1.78 bits per heavy atom. The van der Waals surface area contributed by atoms with Crippen molar-refractivity contribution in [3.63, 3.8) is 0 Å². The van der Waals surface area contributed by atoms with E-state index in [4.69, 9.17) is 20.7 Å². The van der Waals surface area contributed by atoms with Crippen LogP contribution in [0.1, 0.15) is 38.0 Å². The minimum Gasteiger partial charge on any atom is -0.545 e. The summed E-state index contributed by atoms with van der Waals surface area (Å²) in [6, 6.07) is 3.15. The van der Waals surface area contributed by atoms with Crippen molar-refractivity contribution in [1.29, 1.82) is 0 Å². The van der Waals surface area contributed by atoms with Gasteiger partial charge in [-0.05, 0) is 19.1 Å². The SMILES string of the molecule is CC(C[N+](C)(C)C)OC(N)=O.Cl.O=C(O)c1cccc(C(=O)O)c1C(=O)[O-]. The van der Waals surface area contributed by atoms with Crippen molar-refractivity contribution >= 4 is 36.4 Å². The molecule has 1 unspecified atom stereocenters. The summed E-state index contributed by atoms with van der Waals surface area (Å²) < 4.78 is 5.51. The lowest BCUT2D eigenvalue weighted by molar-refractivity contribution is -0.873. The minimum atomic E-state index is -1.83. The van der Waals surface area contributed by atoms with Crippen LogP contribution in [0.4, 0.5) is 4.79 Å². The van der Waals surface area contributed by atoms with Gasteiger partial charge in [0.25, 0.3) is 0 Å². The smallest absolute Gasteiger partial charge is 0.404 e. The molecule has 0 heterocycles. The number of carboxylic acids is 3. The standard InChI is InChI=1S/C9H6O6.C7H16N2O2.ClH/c10-7(11)4-2-1-3-5(8(12)13)6(4)9(14)15;1-6(11-7(8)10)5-9(2,3)4;/h1-3H,(H,10,11)(H,12,13)(H,14,15);6H,5H2,1-4H3,(H-,8,10);1H. The molecule has 1 aromatic carbocycles. The zero-order chi connectivity index (χ0) is 20.7. The number of amides is 1. The molecule has 0 fully saturated rings. The van der Waals surface area contributed by atoms with Gasteiger partial charge < -0.3 is 35.1 Å². The van der Waals surface area contributed by atoms with E-state index >= 15 is 0 Å². The lowest BCUT2D eigenvalue weighted by atomic mass is 10.0. The Balaban J connectivity index is 0. The molecule has 11 heteroatoms. The predicted octanol–water partition coefficient (Wildman–Crippen LogP) is 0.0447. The van der Waals surface area contributed by atoms with E-state index in [0.29, 0.717) is 0 Å². The highest BCUT2D eigenvalue weighted by Crippen LogP contribution is 2.14. The number of aromatic carboxylic acids is 3. The van der Waals surface area contributed by atoms with E-state index in [1.54, 1.807) is 0 Å². The molecule has 4 N–H and O–H groups in total. The number of nitrogens with two attached hydrogens (primary N) is 1. The Morgan fingerprint density at radius 2 is 1.52 bits per heavy atom. The highest BCUT2D eigenvalue weighted by molar-refractivity contribution is 6.08. The van der Waals surface area contributed by atoms with Crippen LogP contribution < -0.4 is 10.8 Å². The van der Waals surface area contributed by atoms with Crippen molar-refractivity contribution in [2.45, 2.75) is 13.0 Å². The molecule has 0 bridgehead atoms. The molecule has 0 radical (unpaired) electrons. The third kappa shape index (κ3) is 10.0. The Bertz CT molecular complexity index is 668. The lowest BCUT2D eigenvalue weighted by Crippen LogP contribution is -2.42. The largest absolute Gasteiger partial charge is 0.545 e. The first-order valence-corrected chi connectivity index (χ1v) is 7.33. The van der Waals surface area contributed by atoms with Crippen LogP contribution in [0.3, 0.4) is 0 Å². The number of carboxylic acid groups (broad SMARTS) is 3. The molecular formula is C16H23ClN2O8. The summed E-state index contributed by atoms with van der Waals surface area (Å²) >= 11 is 0. The van der Waals surface area contributed by atoms with Gasteiger partial charge in [-0.25, -0.2) is 14.4 Å². The van der Waals surface area contributed by atoms with E-state index in [-0.39, 0.29) is 18.5 Å². The summed E-state index contributed by atoms with van der Waals surface area (Å²) in [5, 5.41) is 27.9. The number of quaternary nitrogens is 1. The zero-order valence-electron chi connectivity index (χ0n) is 15.3. The number of carbonyl (C=O) groups is 4. The van der Waals surface area contributed by atoms with Crippen LogP contribution in [-0.2, 0) is 4.74 Å². The highest BCUT2D eigenvalue weighted by Gasteiger charge is 2.18. The quantitative estimate of drug-likeness (QED) is 0.556. The van der Waals surface area contributed by atoms with Crippen LogP contribution in [0, 0.1) is 0 Å². The fourth-order valence-electron chi connectivity index (χ4n) is 2.14. The van der Waals surface area contributed by atoms with Crippen molar-refractivity contribution in [2.24, 2.45) is 5.73 Å². The number of nitrogens with zero attached hydrogens (tertiary/aromatic N) is 1. The van der Waals surface area contributed by atoms with E-state index in [1.807, 2.05) is 28.1 Å². The minimum absolute atomic E-state index is 0. The fraction of sp³-hybridized carbons (Fsp3) is 0.375. The summed E-state index contributed by atoms with van der Waals surface area (Å²) in [5.74, 6) is -4.86. The molecule has 0 aliphatic heterocycles. The van der Waals surface area contributed by atoms with Gasteiger partial charge in [-0.15, -0.1) is 12.4 Å². The normalized spacial score (nSPS) is 11.1. The Hall–Kier alpha value is -2.85. The molecule has 1 amide bonds. The molecule has 0 aromatic heterocycles. The van der Waals surface area contributed by atoms with Crippen molar-refractivity contribution in [3.05, 3.63) is 34.9 Å². The maximum absolute atomic E-state index is 10.6. The molecule has 152 valence electrons.